The van der Waals surface area contributed by atoms with Gasteiger partial charge in [-0.3, -0.25) is 0 Å². The molecule has 0 aliphatic carbocycles. The second-order valence-electron chi connectivity index (χ2n) is 3.07. The van der Waals surface area contributed by atoms with Gasteiger partial charge < -0.3 is 9.47 Å². The Bertz CT molecular complexity index is 311. The summed E-state index contributed by atoms with van der Waals surface area (Å²) in [5.74, 6) is 0.845. The molecule has 0 aromatic heterocycles. The van der Waals surface area contributed by atoms with Crippen LogP contribution in [0.4, 0.5) is 4.79 Å². The van der Waals surface area contributed by atoms with Crippen LogP contribution in [0.3, 0.4) is 0 Å². The van der Waals surface area contributed by atoms with Gasteiger partial charge in [-0.1, -0.05) is 32.6 Å². The van der Waals surface area contributed by atoms with Gasteiger partial charge in [-0.25, -0.2) is 4.79 Å². The molecule has 0 bridgehead atoms. The summed E-state index contributed by atoms with van der Waals surface area (Å²) >= 11 is 0. The smallest absolute Gasteiger partial charge is 0.400 e. The molecule has 0 aliphatic heterocycles. The number of allylic oxidation sites excluding steroid dienone is 5. The van der Waals surface area contributed by atoms with Crippen molar-refractivity contribution in [2.45, 2.75) is 26.7 Å². The number of carbonyl (C=O) groups excluding carboxylic acids is 1. The van der Waals surface area contributed by atoms with Gasteiger partial charge in [0.1, 0.15) is 11.5 Å². The minimum Gasteiger partial charge on any atom is -0.400 e. The zero-order valence-corrected chi connectivity index (χ0v) is 9.86. The van der Waals surface area contributed by atoms with Crippen LogP contribution >= 0.6 is 0 Å². The predicted molar refractivity (Wildman–Crippen MR) is 64.7 cm³/mol. The summed E-state index contributed by atoms with van der Waals surface area (Å²) in [7, 11) is 0. The summed E-state index contributed by atoms with van der Waals surface area (Å²) in [6, 6.07) is 0. The first-order valence-electron chi connectivity index (χ1n) is 5.15. The molecule has 0 N–H and O–H groups in total. The Hall–Kier alpha value is -1.77. The molecule has 88 valence electrons. The van der Waals surface area contributed by atoms with Crippen molar-refractivity contribution in [3.05, 3.63) is 49.0 Å². The van der Waals surface area contributed by atoms with Crippen molar-refractivity contribution < 1.29 is 14.3 Å². The van der Waals surface area contributed by atoms with Crippen molar-refractivity contribution in [3.8, 4) is 0 Å². The minimum atomic E-state index is -0.766. The lowest BCUT2D eigenvalue weighted by atomic mass is 10.3. The van der Waals surface area contributed by atoms with Crippen LogP contribution in [-0.2, 0) is 9.47 Å². The van der Waals surface area contributed by atoms with Crippen LogP contribution in [-0.4, -0.2) is 6.16 Å². The fourth-order valence-electron chi connectivity index (χ4n) is 0.898. The quantitative estimate of drug-likeness (QED) is 0.385. The molecule has 0 rings (SSSR count). The summed E-state index contributed by atoms with van der Waals surface area (Å²) in [6.45, 7) is 10.7. The largest absolute Gasteiger partial charge is 0.519 e. The van der Waals surface area contributed by atoms with E-state index in [2.05, 4.69) is 13.2 Å². The van der Waals surface area contributed by atoms with Crippen LogP contribution in [0.15, 0.2) is 49.0 Å². The molecule has 16 heavy (non-hydrogen) atoms. The molecule has 0 atom stereocenters. The van der Waals surface area contributed by atoms with Gasteiger partial charge in [0.15, 0.2) is 0 Å². The Balaban J connectivity index is 4.22. The van der Waals surface area contributed by atoms with E-state index in [1.54, 1.807) is 6.92 Å². The van der Waals surface area contributed by atoms with Crippen molar-refractivity contribution in [2.24, 2.45) is 0 Å². The number of hydrogen-bond donors (Lipinski definition) is 0. The summed E-state index contributed by atoms with van der Waals surface area (Å²) in [5, 5.41) is 0. The van der Waals surface area contributed by atoms with Crippen LogP contribution in [0.5, 0.6) is 0 Å². The molecule has 0 fully saturated rings. The maximum Gasteiger partial charge on any atom is 0.519 e. The van der Waals surface area contributed by atoms with E-state index in [0.29, 0.717) is 11.5 Å². The lowest BCUT2D eigenvalue weighted by molar-refractivity contribution is 0.105. The monoisotopic (exact) mass is 222 g/mol. The van der Waals surface area contributed by atoms with Crippen molar-refractivity contribution in [3.63, 3.8) is 0 Å². The lowest BCUT2D eigenvalue weighted by Crippen LogP contribution is -2.05. The Morgan fingerprint density at radius 3 is 2.50 bits per heavy atom. The van der Waals surface area contributed by atoms with E-state index in [-0.39, 0.29) is 0 Å². The molecular formula is C13H18O3. The normalized spacial score (nSPS) is 11.9. The third-order valence-electron chi connectivity index (χ3n) is 1.65. The third kappa shape index (κ3) is 6.65. The van der Waals surface area contributed by atoms with Gasteiger partial charge in [0.25, 0.3) is 0 Å². The average Bonchev–Trinajstić information content (AvgIpc) is 2.25. The molecule has 0 aliphatic rings. The van der Waals surface area contributed by atoms with Gasteiger partial charge in [0, 0.05) is 0 Å². The second-order valence-corrected chi connectivity index (χ2v) is 3.07. The SMILES string of the molecule is C=C/C=C(\C=C)OC(=O)O/C(C)=C/CCC. The molecule has 0 spiro atoms. The highest BCUT2D eigenvalue weighted by Crippen LogP contribution is 2.06. The number of hydrogen-bond acceptors (Lipinski definition) is 3. The Labute approximate surface area is 96.7 Å². The first kappa shape index (κ1) is 14.2. The van der Waals surface area contributed by atoms with Gasteiger partial charge in [-0.2, -0.15) is 0 Å². The Morgan fingerprint density at radius 2 is 2.00 bits per heavy atom. The Kier molecular flexibility index (Phi) is 7.59. The summed E-state index contributed by atoms with van der Waals surface area (Å²) in [6.07, 6.45) is 7.39. The van der Waals surface area contributed by atoms with Crippen molar-refractivity contribution in [1.82, 2.24) is 0 Å². The third-order valence-corrected chi connectivity index (χ3v) is 1.65. The molecule has 0 aromatic rings. The molecule has 0 amide bonds. The van der Waals surface area contributed by atoms with E-state index in [4.69, 9.17) is 9.47 Å². The lowest BCUT2D eigenvalue weighted by Gasteiger charge is -2.05. The van der Waals surface area contributed by atoms with Gasteiger partial charge in [0.2, 0.25) is 0 Å². The zero-order valence-electron chi connectivity index (χ0n) is 9.86. The van der Waals surface area contributed by atoms with E-state index < -0.39 is 6.16 Å². The maximum absolute atomic E-state index is 11.3. The van der Waals surface area contributed by atoms with E-state index in [9.17, 15) is 4.79 Å². The van der Waals surface area contributed by atoms with E-state index in [0.717, 1.165) is 12.8 Å². The molecule has 3 nitrogen and oxygen atoms in total. The first-order valence-corrected chi connectivity index (χ1v) is 5.15. The second kappa shape index (κ2) is 8.53. The maximum atomic E-state index is 11.3. The minimum absolute atomic E-state index is 0.309. The molecule has 0 aromatic carbocycles. The molecule has 0 unspecified atom stereocenters. The van der Waals surface area contributed by atoms with Crippen LogP contribution in [0, 0.1) is 0 Å². The Morgan fingerprint density at radius 1 is 1.31 bits per heavy atom. The van der Waals surface area contributed by atoms with E-state index >= 15 is 0 Å². The molecular weight excluding hydrogens is 204 g/mol. The van der Waals surface area contributed by atoms with E-state index in [1.807, 2.05) is 13.0 Å². The van der Waals surface area contributed by atoms with Crippen LogP contribution in [0.2, 0.25) is 0 Å². The van der Waals surface area contributed by atoms with Gasteiger partial charge in [-0.15, -0.1) is 0 Å². The van der Waals surface area contributed by atoms with Crippen molar-refractivity contribution in [2.75, 3.05) is 0 Å². The van der Waals surface area contributed by atoms with Crippen LogP contribution in [0.1, 0.15) is 26.7 Å². The molecule has 3 heteroatoms. The van der Waals surface area contributed by atoms with Crippen molar-refractivity contribution in [1.29, 1.82) is 0 Å². The van der Waals surface area contributed by atoms with Gasteiger partial charge in [-0.05, 0) is 31.6 Å². The molecule has 0 saturated carbocycles. The number of unbranched alkanes of at least 4 members (excludes halogenated alkanes) is 1. The highest BCUT2D eigenvalue weighted by Gasteiger charge is 2.06. The fourth-order valence-corrected chi connectivity index (χ4v) is 0.898. The predicted octanol–water partition coefficient (Wildman–Crippen LogP) is 4.10. The summed E-state index contributed by atoms with van der Waals surface area (Å²) in [5.41, 5.74) is 0. The molecule has 0 heterocycles. The standard InChI is InChI=1S/C13H18O3/c1-5-8-10-11(4)15-13(14)16-12(7-3)9-6-2/h6-7,9-10H,2-3,5,8H2,1,4H3/b11-10+,12-9+. The zero-order chi connectivity index (χ0) is 12.4. The van der Waals surface area contributed by atoms with Gasteiger partial charge >= 0.3 is 6.16 Å². The molecule has 0 saturated heterocycles. The highest BCUT2D eigenvalue weighted by molar-refractivity contribution is 5.63. The van der Waals surface area contributed by atoms with Crippen LogP contribution < -0.4 is 0 Å². The first-order chi connectivity index (χ1) is 7.63. The number of rotatable bonds is 6. The van der Waals surface area contributed by atoms with Crippen molar-refractivity contribution >= 4 is 6.16 Å². The summed E-state index contributed by atoms with van der Waals surface area (Å²) < 4.78 is 9.77. The number of ether oxygens (including phenoxy) is 2. The fraction of sp³-hybridized carbons (Fsp3) is 0.308. The molecule has 0 radical (unpaired) electrons. The highest BCUT2D eigenvalue weighted by atomic mass is 16.7. The number of carbonyl (C=O) groups is 1. The van der Waals surface area contributed by atoms with E-state index in [1.165, 1.54) is 18.2 Å². The van der Waals surface area contributed by atoms with Crippen LogP contribution in [0.25, 0.3) is 0 Å². The van der Waals surface area contributed by atoms with Gasteiger partial charge in [0.05, 0.1) is 0 Å². The summed E-state index contributed by atoms with van der Waals surface area (Å²) in [4.78, 5) is 11.3. The topological polar surface area (TPSA) is 35.5 Å². The average molecular weight is 222 g/mol.